The first-order valence-corrected chi connectivity index (χ1v) is 7.64. The van der Waals surface area contributed by atoms with Crippen LogP contribution in [0, 0.1) is 7.15 Å². The van der Waals surface area contributed by atoms with Crippen molar-refractivity contribution in [2.45, 2.75) is 0 Å². The molecule has 0 bridgehead atoms. The van der Waals surface area contributed by atoms with Gasteiger partial charge >= 0.3 is 93.6 Å². The standard InChI is InChI=1S/C3I2SSe2/c4-1-2(5)8-3(6)7-1. The van der Waals surface area contributed by atoms with Gasteiger partial charge in [0.25, 0.3) is 0 Å². The molecule has 0 aromatic carbocycles. The second kappa shape index (κ2) is 3.64. The van der Waals surface area contributed by atoms with Crippen LogP contribution in [0.2, 0.25) is 0 Å². The normalized spacial score (nSPS) is 9.75. The first-order valence-electron chi connectivity index (χ1n) is 1.65. The molecule has 1 aromatic heterocycles. The van der Waals surface area contributed by atoms with Crippen molar-refractivity contribution in [3.8, 4) is 0 Å². The van der Waals surface area contributed by atoms with Crippen LogP contribution in [0.25, 0.3) is 0 Å². The maximum absolute atomic E-state index is 5.08. The van der Waals surface area contributed by atoms with E-state index in [1.54, 1.807) is 0 Å². The summed E-state index contributed by atoms with van der Waals surface area (Å²) in [6.07, 6.45) is 0. The SMILES string of the molecule is S=c1[se]c(I)c(I)[se]1. The van der Waals surface area contributed by atoms with Gasteiger partial charge in [0, 0.05) is 0 Å². The molecular weight excluding hydrogens is 480 g/mol. The molecule has 8 heavy (non-hydrogen) atoms. The fourth-order valence-electron chi connectivity index (χ4n) is 0.247. The van der Waals surface area contributed by atoms with Crippen LogP contribution in [-0.4, -0.2) is 29.0 Å². The summed E-state index contributed by atoms with van der Waals surface area (Å²) in [5, 5.41) is 0. The third-order valence-corrected chi connectivity index (χ3v) is 12.2. The second-order valence-corrected chi connectivity index (χ2v) is 13.6. The zero-order chi connectivity index (χ0) is 6.15. The van der Waals surface area contributed by atoms with Crippen molar-refractivity contribution in [3.05, 3.63) is 7.15 Å². The second-order valence-electron chi connectivity index (χ2n) is 1.00. The monoisotopic (exact) mass is 482 g/mol. The zero-order valence-corrected chi connectivity index (χ0v) is 12.0. The van der Waals surface area contributed by atoms with Gasteiger partial charge in [0.2, 0.25) is 0 Å². The Hall–Kier alpha value is 2.33. The van der Waals surface area contributed by atoms with E-state index >= 15 is 0 Å². The average molecular weight is 480 g/mol. The Bertz CT molecular complexity index is 215. The van der Waals surface area contributed by atoms with E-state index in [-0.39, 0.29) is 0 Å². The van der Waals surface area contributed by atoms with E-state index in [2.05, 4.69) is 45.2 Å². The zero-order valence-electron chi connectivity index (χ0n) is 3.48. The Morgan fingerprint density at radius 2 is 1.50 bits per heavy atom. The number of halogens is 2. The van der Waals surface area contributed by atoms with E-state index in [1.165, 1.54) is 7.15 Å². The molecule has 5 heteroatoms. The molecule has 1 rings (SSSR count). The van der Waals surface area contributed by atoms with Crippen molar-refractivity contribution in [1.29, 1.82) is 0 Å². The minimum absolute atomic E-state index is 0.576. The molecule has 0 saturated carbocycles. The summed E-state index contributed by atoms with van der Waals surface area (Å²) >= 11 is 11.0. The molecule has 0 radical (unpaired) electrons. The quantitative estimate of drug-likeness (QED) is 0.310. The van der Waals surface area contributed by atoms with Crippen LogP contribution in [0.15, 0.2) is 0 Å². The van der Waals surface area contributed by atoms with Crippen molar-refractivity contribution < 1.29 is 0 Å². The summed E-state index contributed by atoms with van der Waals surface area (Å²) in [4.78, 5) is 0. The fraction of sp³-hybridized carbons (Fsp3) is 0. The van der Waals surface area contributed by atoms with Crippen LogP contribution in [0.3, 0.4) is 0 Å². The molecule has 1 aromatic rings. The summed E-state index contributed by atoms with van der Waals surface area (Å²) in [5.41, 5.74) is 0. The molecule has 0 saturated heterocycles. The van der Waals surface area contributed by atoms with Gasteiger partial charge in [0.1, 0.15) is 0 Å². The topological polar surface area (TPSA) is 0 Å². The van der Waals surface area contributed by atoms with Crippen LogP contribution in [0.1, 0.15) is 0 Å². The van der Waals surface area contributed by atoms with Gasteiger partial charge in [-0.25, -0.2) is 0 Å². The van der Waals surface area contributed by atoms with Gasteiger partial charge in [-0.15, -0.1) is 0 Å². The molecule has 0 fully saturated rings. The van der Waals surface area contributed by atoms with Gasteiger partial charge in [-0.2, -0.15) is 0 Å². The first kappa shape index (κ1) is 8.43. The third kappa shape index (κ3) is 2.18. The summed E-state index contributed by atoms with van der Waals surface area (Å²) in [7, 11) is 0. The van der Waals surface area contributed by atoms with Crippen molar-refractivity contribution in [3.63, 3.8) is 0 Å². The Labute approximate surface area is 91.8 Å². The van der Waals surface area contributed by atoms with E-state index < -0.39 is 0 Å². The van der Waals surface area contributed by atoms with E-state index in [0.29, 0.717) is 29.0 Å². The number of hydrogen-bond donors (Lipinski definition) is 0. The van der Waals surface area contributed by atoms with E-state index in [4.69, 9.17) is 12.2 Å². The predicted molar refractivity (Wildman–Crippen MR) is 56.6 cm³/mol. The molecule has 1 heterocycles. The Morgan fingerprint density at radius 3 is 1.62 bits per heavy atom. The molecular formula is C3I2SSe2. The van der Waals surface area contributed by atoms with E-state index in [9.17, 15) is 0 Å². The number of hydrogen-bond acceptors (Lipinski definition) is 1. The van der Waals surface area contributed by atoms with Crippen molar-refractivity contribution in [2.24, 2.45) is 0 Å². The molecule has 0 nitrogen and oxygen atoms in total. The summed E-state index contributed by atoms with van der Waals surface area (Å²) in [6, 6.07) is 0. The Morgan fingerprint density at radius 1 is 1.12 bits per heavy atom. The van der Waals surface area contributed by atoms with Gasteiger partial charge in [-0.05, 0) is 0 Å². The maximum atomic E-state index is 5.08. The molecule has 0 N–H and O–H groups in total. The van der Waals surface area contributed by atoms with Crippen LogP contribution < -0.4 is 0 Å². The molecule has 0 aliphatic heterocycles. The first-order chi connectivity index (χ1) is 3.70. The third-order valence-electron chi connectivity index (χ3n) is 0.500. The van der Waals surface area contributed by atoms with Gasteiger partial charge in [0.05, 0.1) is 0 Å². The van der Waals surface area contributed by atoms with Crippen molar-refractivity contribution in [1.82, 2.24) is 0 Å². The Kier molecular flexibility index (Phi) is 3.84. The molecule has 0 spiro atoms. The van der Waals surface area contributed by atoms with Gasteiger partial charge in [0.15, 0.2) is 0 Å². The van der Waals surface area contributed by atoms with Crippen LogP contribution >= 0.6 is 57.4 Å². The van der Waals surface area contributed by atoms with Crippen LogP contribution in [0.4, 0.5) is 0 Å². The molecule has 0 amide bonds. The van der Waals surface area contributed by atoms with Crippen molar-refractivity contribution in [2.75, 3.05) is 0 Å². The molecule has 0 atom stereocenters. The average Bonchev–Trinajstić information content (AvgIpc) is 1.85. The minimum atomic E-state index is 0.576. The van der Waals surface area contributed by atoms with Gasteiger partial charge in [-0.3, -0.25) is 0 Å². The van der Waals surface area contributed by atoms with Gasteiger partial charge in [-0.1, -0.05) is 0 Å². The molecule has 0 aliphatic carbocycles. The van der Waals surface area contributed by atoms with Gasteiger partial charge < -0.3 is 0 Å². The molecule has 0 unspecified atom stereocenters. The van der Waals surface area contributed by atoms with E-state index in [0.717, 1.165) is 0 Å². The molecule has 44 valence electrons. The summed E-state index contributed by atoms with van der Waals surface area (Å²) in [6.45, 7) is 0. The predicted octanol–water partition coefficient (Wildman–Crippen LogP) is 1.74. The summed E-state index contributed by atoms with van der Waals surface area (Å²) in [5.74, 6) is 0. The summed E-state index contributed by atoms with van der Waals surface area (Å²) < 4.78 is 4.38. The number of rotatable bonds is 0. The fourth-order valence-corrected chi connectivity index (χ4v) is 13.8. The van der Waals surface area contributed by atoms with Crippen molar-refractivity contribution >= 4 is 86.4 Å². The van der Waals surface area contributed by atoms with Crippen LogP contribution in [0.5, 0.6) is 0 Å². The van der Waals surface area contributed by atoms with E-state index in [1.807, 2.05) is 0 Å². The van der Waals surface area contributed by atoms with Crippen LogP contribution in [-0.2, 0) is 0 Å². The Balaban J connectivity index is 3.35. The molecule has 0 aliphatic rings.